The van der Waals surface area contributed by atoms with Gasteiger partial charge >= 0.3 is 0 Å². The van der Waals surface area contributed by atoms with E-state index in [1.165, 1.54) is 6.34 Å². The van der Waals surface area contributed by atoms with Gasteiger partial charge in [-0.1, -0.05) is 16.7 Å². The van der Waals surface area contributed by atoms with Crippen molar-refractivity contribution in [1.29, 1.82) is 0 Å². The Kier molecular flexibility index (Phi) is 1.15. The molecule has 0 radical (unpaired) electrons. The van der Waals surface area contributed by atoms with Crippen LogP contribution in [0.1, 0.15) is 0 Å². The average Bonchev–Trinajstić information content (AvgIpc) is 2.33. The van der Waals surface area contributed by atoms with Crippen molar-refractivity contribution in [2.75, 3.05) is 0 Å². The van der Waals surface area contributed by atoms with Crippen molar-refractivity contribution in [1.82, 2.24) is 0 Å². The van der Waals surface area contributed by atoms with Gasteiger partial charge in [0.1, 0.15) is 5.16 Å². The average molecular weight is 156 g/mol. The fraction of sp³-hybridized carbons (Fsp3) is 0. The van der Waals surface area contributed by atoms with Crippen LogP contribution in [0.5, 0.6) is 0 Å². The largest absolute Gasteiger partial charge is 0.263 e. The number of hydrogen-bond donors (Lipinski definition) is 1. The van der Waals surface area contributed by atoms with E-state index in [1.54, 1.807) is 12.4 Å². The number of amidine groups is 1. The molecule has 4 nitrogen and oxygen atoms in total. The lowest BCUT2D eigenvalue weighted by atomic mass is 10.5. The van der Waals surface area contributed by atoms with Crippen LogP contribution in [-0.2, 0) is 0 Å². The summed E-state index contributed by atoms with van der Waals surface area (Å²) in [6.45, 7) is 0. The lowest BCUT2D eigenvalue weighted by Gasteiger charge is -2.02. The molecule has 0 aromatic rings. The zero-order valence-electron chi connectivity index (χ0n) is 4.95. The molecule has 1 N–H and O–H groups in total. The molecule has 50 valence electrons. The van der Waals surface area contributed by atoms with Gasteiger partial charge in [-0.05, 0) is 0 Å². The number of hydrogen-bond acceptors (Lipinski definition) is 3. The van der Waals surface area contributed by atoms with Gasteiger partial charge in [0.2, 0.25) is 6.34 Å². The molecule has 0 aliphatic carbocycles. The van der Waals surface area contributed by atoms with Gasteiger partial charge in [0.15, 0.2) is 6.34 Å². The van der Waals surface area contributed by atoms with Crippen LogP contribution in [0.3, 0.4) is 0 Å². The molecule has 0 aromatic heterocycles. The fourth-order valence-corrected chi connectivity index (χ4v) is 0.921. The van der Waals surface area contributed by atoms with Crippen LogP contribution in [0.25, 0.3) is 0 Å². The SMILES string of the molecule is ClC1=CC2=NC=N[NH+]2C=N1. The third-order valence-electron chi connectivity index (χ3n) is 1.22. The summed E-state index contributed by atoms with van der Waals surface area (Å²) in [5.41, 5.74) is 0. The molecule has 5 heteroatoms. The summed E-state index contributed by atoms with van der Waals surface area (Å²) >= 11 is 5.60. The number of nitrogens with one attached hydrogen (secondary N) is 1. The van der Waals surface area contributed by atoms with E-state index in [9.17, 15) is 0 Å². The summed E-state index contributed by atoms with van der Waals surface area (Å²) in [5, 5.41) is 5.16. The van der Waals surface area contributed by atoms with Crippen molar-refractivity contribution in [2.24, 2.45) is 15.1 Å². The number of nitrogens with zero attached hydrogens (tertiary/aromatic N) is 3. The van der Waals surface area contributed by atoms with Crippen LogP contribution in [0.4, 0.5) is 0 Å². The Balaban J connectivity index is 2.39. The zero-order chi connectivity index (χ0) is 6.97. The summed E-state index contributed by atoms with van der Waals surface area (Å²) in [5.74, 6) is 0.792. The highest BCUT2D eigenvalue weighted by Gasteiger charge is 2.20. The Labute approximate surface area is 62.2 Å². The first kappa shape index (κ1) is 5.76. The lowest BCUT2D eigenvalue weighted by molar-refractivity contribution is -0.696. The van der Waals surface area contributed by atoms with E-state index in [0.29, 0.717) is 5.16 Å². The summed E-state index contributed by atoms with van der Waals surface area (Å²) in [4.78, 5) is 7.79. The monoisotopic (exact) mass is 155 g/mol. The molecule has 2 aliphatic heterocycles. The topological polar surface area (TPSA) is 41.5 Å². The molecule has 2 aliphatic rings. The molecule has 0 aromatic carbocycles. The first-order chi connectivity index (χ1) is 4.86. The standard InChI is InChI=1S/C5H3ClN4/c6-4-1-5-7-2-9-10(5)3-8-4/h1-3H/p+1. The normalized spacial score (nSPS) is 27.9. The Hall–Kier alpha value is -1.00. The maximum absolute atomic E-state index is 5.60. The molecule has 0 amide bonds. The number of fused-ring (bicyclic) bond motifs is 1. The second-order valence-corrected chi connectivity index (χ2v) is 2.26. The molecule has 2 heterocycles. The third-order valence-corrected chi connectivity index (χ3v) is 1.43. The van der Waals surface area contributed by atoms with Gasteiger partial charge in [0.05, 0.1) is 6.08 Å². The molecule has 0 spiro atoms. The van der Waals surface area contributed by atoms with Crippen LogP contribution >= 0.6 is 11.6 Å². The lowest BCUT2D eigenvalue weighted by Crippen LogP contribution is -3.08. The number of rotatable bonds is 0. The minimum Gasteiger partial charge on any atom is -0.189 e. The summed E-state index contributed by atoms with van der Waals surface area (Å²) in [6.07, 6.45) is 4.78. The van der Waals surface area contributed by atoms with E-state index in [0.717, 1.165) is 10.8 Å². The molecular weight excluding hydrogens is 152 g/mol. The molecule has 2 rings (SSSR count). The molecule has 1 unspecified atom stereocenters. The Morgan fingerprint density at radius 1 is 1.50 bits per heavy atom. The Morgan fingerprint density at radius 2 is 2.40 bits per heavy atom. The molecule has 10 heavy (non-hydrogen) atoms. The minimum atomic E-state index is 0.452. The van der Waals surface area contributed by atoms with Crippen molar-refractivity contribution >= 4 is 30.1 Å². The van der Waals surface area contributed by atoms with Crippen molar-refractivity contribution < 1.29 is 5.01 Å². The predicted molar refractivity (Wildman–Crippen MR) is 39.3 cm³/mol. The molecule has 0 saturated heterocycles. The van der Waals surface area contributed by atoms with E-state index in [-0.39, 0.29) is 0 Å². The first-order valence-corrected chi connectivity index (χ1v) is 3.13. The van der Waals surface area contributed by atoms with E-state index in [4.69, 9.17) is 11.6 Å². The molecular formula is C5H4ClN4+. The number of halogens is 1. The van der Waals surface area contributed by atoms with Crippen molar-refractivity contribution in [3.8, 4) is 0 Å². The van der Waals surface area contributed by atoms with E-state index in [2.05, 4.69) is 15.1 Å². The second kappa shape index (κ2) is 2.00. The van der Waals surface area contributed by atoms with E-state index in [1.807, 2.05) is 0 Å². The Morgan fingerprint density at radius 3 is 3.30 bits per heavy atom. The zero-order valence-corrected chi connectivity index (χ0v) is 5.71. The third kappa shape index (κ3) is 0.778. The fourth-order valence-electron chi connectivity index (χ4n) is 0.769. The maximum atomic E-state index is 5.60. The second-order valence-electron chi connectivity index (χ2n) is 1.87. The van der Waals surface area contributed by atoms with Gasteiger partial charge < -0.3 is 0 Å². The van der Waals surface area contributed by atoms with Gasteiger partial charge in [-0.15, -0.1) is 5.01 Å². The highest BCUT2D eigenvalue weighted by molar-refractivity contribution is 6.31. The molecule has 1 atom stereocenters. The Bertz CT molecular complexity index is 275. The van der Waals surface area contributed by atoms with Crippen molar-refractivity contribution in [3.63, 3.8) is 0 Å². The predicted octanol–water partition coefficient (Wildman–Crippen LogP) is -0.651. The van der Waals surface area contributed by atoms with Crippen LogP contribution in [-0.4, -0.2) is 18.5 Å². The van der Waals surface area contributed by atoms with Gasteiger partial charge in [0.25, 0.3) is 5.84 Å². The quantitative estimate of drug-likeness (QED) is 0.452. The van der Waals surface area contributed by atoms with Gasteiger partial charge in [0, 0.05) is 0 Å². The van der Waals surface area contributed by atoms with Gasteiger partial charge in [-0.25, -0.2) is 0 Å². The summed E-state index contributed by atoms with van der Waals surface area (Å²) < 4.78 is 0. The summed E-state index contributed by atoms with van der Waals surface area (Å²) in [6, 6.07) is 0. The first-order valence-electron chi connectivity index (χ1n) is 2.75. The van der Waals surface area contributed by atoms with Crippen molar-refractivity contribution in [3.05, 3.63) is 11.2 Å². The smallest absolute Gasteiger partial charge is 0.189 e. The molecule has 0 bridgehead atoms. The van der Waals surface area contributed by atoms with Gasteiger partial charge in [-0.3, -0.25) is 0 Å². The van der Waals surface area contributed by atoms with Crippen LogP contribution in [0.15, 0.2) is 26.3 Å². The van der Waals surface area contributed by atoms with Gasteiger partial charge in [-0.2, -0.15) is 9.98 Å². The highest BCUT2D eigenvalue weighted by atomic mass is 35.5. The van der Waals surface area contributed by atoms with Crippen molar-refractivity contribution in [2.45, 2.75) is 0 Å². The summed E-state index contributed by atoms with van der Waals surface area (Å²) in [7, 11) is 0. The van der Waals surface area contributed by atoms with Crippen LogP contribution in [0.2, 0.25) is 0 Å². The van der Waals surface area contributed by atoms with E-state index < -0.39 is 0 Å². The number of quaternary nitrogens is 1. The highest BCUT2D eigenvalue weighted by Crippen LogP contribution is 2.02. The van der Waals surface area contributed by atoms with Crippen LogP contribution < -0.4 is 5.01 Å². The maximum Gasteiger partial charge on any atom is 0.263 e. The number of aliphatic imine (C=N–C) groups is 2. The van der Waals surface area contributed by atoms with E-state index >= 15 is 0 Å². The molecule has 0 fully saturated rings. The molecule has 0 saturated carbocycles. The minimum absolute atomic E-state index is 0.452. The van der Waals surface area contributed by atoms with Crippen LogP contribution in [0, 0.1) is 0 Å².